The van der Waals surface area contributed by atoms with Crippen molar-refractivity contribution in [1.82, 2.24) is 19.2 Å². The molecule has 8 nitrogen and oxygen atoms in total. The van der Waals surface area contributed by atoms with Gasteiger partial charge in [0.2, 0.25) is 17.6 Å². The van der Waals surface area contributed by atoms with Crippen LogP contribution in [-0.2, 0) is 16.1 Å². The third-order valence-corrected chi connectivity index (χ3v) is 6.59. The maximum Gasteiger partial charge on any atom is 0.244 e. The first kappa shape index (κ1) is 22.7. The Morgan fingerprint density at radius 3 is 2.31 bits per heavy atom. The van der Waals surface area contributed by atoms with Gasteiger partial charge in [-0.25, -0.2) is 0 Å². The van der Waals surface area contributed by atoms with Gasteiger partial charge >= 0.3 is 0 Å². The molecule has 35 heavy (non-hydrogen) atoms. The number of aryl methyl sites for hydroxylation is 2. The molecule has 0 atom stereocenters. The first-order valence-corrected chi connectivity index (χ1v) is 12.2. The van der Waals surface area contributed by atoms with Gasteiger partial charge in [0.1, 0.15) is 6.54 Å². The Morgan fingerprint density at radius 2 is 1.54 bits per heavy atom. The van der Waals surface area contributed by atoms with Crippen LogP contribution in [0.1, 0.15) is 11.1 Å². The molecule has 0 unspecified atom stereocenters. The van der Waals surface area contributed by atoms with Gasteiger partial charge in [-0.05, 0) is 49.7 Å². The minimum absolute atomic E-state index is 0.0854. The number of para-hydroxylation sites is 3. The number of rotatable bonds is 7. The van der Waals surface area contributed by atoms with E-state index in [1.807, 2.05) is 95.6 Å². The monoisotopic (exact) mass is 484 g/mol. The molecule has 2 amide bonds. The van der Waals surface area contributed by atoms with Crippen LogP contribution in [0.5, 0.6) is 0 Å². The zero-order valence-electron chi connectivity index (χ0n) is 19.4. The smallest absolute Gasteiger partial charge is 0.244 e. The van der Waals surface area contributed by atoms with E-state index in [0.29, 0.717) is 10.9 Å². The van der Waals surface area contributed by atoms with Crippen molar-refractivity contribution >= 4 is 51.8 Å². The lowest BCUT2D eigenvalue weighted by Crippen LogP contribution is -2.19. The van der Waals surface area contributed by atoms with Gasteiger partial charge in [-0.2, -0.15) is 0 Å². The molecule has 0 aliphatic heterocycles. The zero-order chi connectivity index (χ0) is 24.4. The van der Waals surface area contributed by atoms with Crippen LogP contribution in [0.4, 0.5) is 11.4 Å². The molecule has 0 saturated heterocycles. The van der Waals surface area contributed by atoms with Crippen molar-refractivity contribution in [3.63, 3.8) is 0 Å². The second kappa shape index (κ2) is 9.63. The maximum atomic E-state index is 12.9. The second-order valence-corrected chi connectivity index (χ2v) is 9.20. The van der Waals surface area contributed by atoms with Gasteiger partial charge in [0.25, 0.3) is 0 Å². The summed E-state index contributed by atoms with van der Waals surface area (Å²) in [4.78, 5) is 25.4. The molecule has 0 radical (unpaired) electrons. The number of fused-ring (bicyclic) bond motifs is 3. The zero-order valence-corrected chi connectivity index (χ0v) is 20.2. The van der Waals surface area contributed by atoms with Gasteiger partial charge in [-0.1, -0.05) is 59.8 Å². The quantitative estimate of drug-likeness (QED) is 0.328. The number of carbonyl (C=O) groups is 2. The number of nitrogens with zero attached hydrogens (tertiary/aromatic N) is 4. The van der Waals surface area contributed by atoms with Gasteiger partial charge in [0.15, 0.2) is 5.16 Å². The first-order chi connectivity index (χ1) is 17.0. The van der Waals surface area contributed by atoms with Gasteiger partial charge < -0.3 is 10.6 Å². The first-order valence-electron chi connectivity index (χ1n) is 11.2. The topological polar surface area (TPSA) is 93.3 Å². The van der Waals surface area contributed by atoms with Gasteiger partial charge in [-0.15, -0.1) is 10.2 Å². The molecule has 5 rings (SSSR count). The minimum atomic E-state index is -0.155. The molecule has 2 heterocycles. The van der Waals surface area contributed by atoms with Crippen molar-refractivity contribution in [2.75, 3.05) is 16.4 Å². The fourth-order valence-corrected chi connectivity index (χ4v) is 4.64. The van der Waals surface area contributed by atoms with Crippen molar-refractivity contribution in [2.45, 2.75) is 25.5 Å². The lowest BCUT2D eigenvalue weighted by atomic mass is 10.2. The molecule has 5 aromatic rings. The Labute approximate surface area is 206 Å². The number of aromatic nitrogens is 4. The normalized spacial score (nSPS) is 11.1. The van der Waals surface area contributed by atoms with Crippen LogP contribution < -0.4 is 10.6 Å². The predicted molar refractivity (Wildman–Crippen MR) is 139 cm³/mol. The van der Waals surface area contributed by atoms with Crippen LogP contribution in [0.3, 0.4) is 0 Å². The van der Waals surface area contributed by atoms with Crippen LogP contribution in [0, 0.1) is 13.8 Å². The van der Waals surface area contributed by atoms with Crippen LogP contribution >= 0.6 is 11.8 Å². The van der Waals surface area contributed by atoms with Crippen LogP contribution in [0.25, 0.3) is 16.8 Å². The lowest BCUT2D eigenvalue weighted by molar-refractivity contribution is -0.116. The highest BCUT2D eigenvalue weighted by Crippen LogP contribution is 2.26. The number of imidazole rings is 1. The number of anilines is 2. The Balaban J connectivity index is 1.37. The van der Waals surface area contributed by atoms with E-state index in [-0.39, 0.29) is 24.1 Å². The molecule has 0 saturated carbocycles. The highest BCUT2D eigenvalue weighted by molar-refractivity contribution is 7.99. The highest BCUT2D eigenvalue weighted by Gasteiger charge is 2.19. The Bertz CT molecular complexity index is 1540. The van der Waals surface area contributed by atoms with Gasteiger partial charge in [0, 0.05) is 11.4 Å². The van der Waals surface area contributed by atoms with E-state index in [2.05, 4.69) is 20.8 Å². The standard InChI is InChI=1S/C26H24N6O2S/c1-17-11-13-19(14-12-17)27-24(34)16-35-26-30-29-25-31(21-9-5-6-10-22(21)32(25)26)15-23(33)28-20-8-4-3-7-18(20)2/h3-14H,15-16H2,1-2H3,(H,27,34)(H,28,33). The molecule has 0 aliphatic carbocycles. The molecule has 176 valence electrons. The van der Waals surface area contributed by atoms with E-state index in [0.717, 1.165) is 33.5 Å². The molecule has 0 fully saturated rings. The van der Waals surface area contributed by atoms with E-state index < -0.39 is 0 Å². The second-order valence-electron chi connectivity index (χ2n) is 8.26. The summed E-state index contributed by atoms with van der Waals surface area (Å²) in [5.74, 6) is 0.448. The molecule has 2 N–H and O–H groups in total. The maximum absolute atomic E-state index is 12.9. The van der Waals surface area contributed by atoms with E-state index in [1.165, 1.54) is 11.8 Å². The van der Waals surface area contributed by atoms with E-state index in [1.54, 1.807) is 0 Å². The molecular formula is C26H24N6O2S. The van der Waals surface area contributed by atoms with Gasteiger partial charge in [-0.3, -0.25) is 18.6 Å². The number of carbonyl (C=O) groups excluding carboxylic acids is 2. The number of hydrogen-bond donors (Lipinski definition) is 2. The molecule has 9 heteroatoms. The van der Waals surface area contributed by atoms with E-state index >= 15 is 0 Å². The van der Waals surface area contributed by atoms with E-state index in [4.69, 9.17) is 0 Å². The molecule has 3 aromatic carbocycles. The van der Waals surface area contributed by atoms with Crippen molar-refractivity contribution in [2.24, 2.45) is 0 Å². The van der Waals surface area contributed by atoms with Crippen molar-refractivity contribution in [3.8, 4) is 0 Å². The molecule has 0 bridgehead atoms. The Hall–Kier alpha value is -4.11. The number of hydrogen-bond acceptors (Lipinski definition) is 5. The fourth-order valence-electron chi connectivity index (χ4n) is 3.90. The summed E-state index contributed by atoms with van der Waals surface area (Å²) in [6.45, 7) is 4.04. The Morgan fingerprint density at radius 1 is 0.829 bits per heavy atom. The number of thioether (sulfide) groups is 1. The van der Waals surface area contributed by atoms with E-state index in [9.17, 15) is 9.59 Å². The summed E-state index contributed by atoms with van der Waals surface area (Å²) in [6, 6.07) is 23.1. The predicted octanol–water partition coefficient (Wildman–Crippen LogP) is 4.67. The number of amides is 2. The van der Waals surface area contributed by atoms with Crippen LogP contribution in [0.2, 0.25) is 0 Å². The van der Waals surface area contributed by atoms with Crippen LogP contribution in [-0.4, -0.2) is 36.7 Å². The fraction of sp³-hybridized carbons (Fsp3) is 0.154. The Kier molecular flexibility index (Phi) is 6.24. The average molecular weight is 485 g/mol. The van der Waals surface area contributed by atoms with Gasteiger partial charge in [0.05, 0.1) is 16.8 Å². The summed E-state index contributed by atoms with van der Waals surface area (Å²) in [5, 5.41) is 15.1. The van der Waals surface area contributed by atoms with Crippen molar-refractivity contribution in [3.05, 3.63) is 83.9 Å². The minimum Gasteiger partial charge on any atom is -0.325 e. The van der Waals surface area contributed by atoms with Crippen LogP contribution in [0.15, 0.2) is 78.0 Å². The average Bonchev–Trinajstić information content (AvgIpc) is 3.40. The summed E-state index contributed by atoms with van der Waals surface area (Å²) in [5.41, 5.74) is 5.40. The molecule has 0 aliphatic rings. The summed E-state index contributed by atoms with van der Waals surface area (Å²) in [6.07, 6.45) is 0. The highest BCUT2D eigenvalue weighted by atomic mass is 32.2. The third-order valence-electron chi connectivity index (χ3n) is 5.66. The summed E-state index contributed by atoms with van der Waals surface area (Å²) in [7, 11) is 0. The number of benzene rings is 3. The molecule has 0 spiro atoms. The number of nitrogens with one attached hydrogen (secondary N) is 2. The summed E-state index contributed by atoms with van der Waals surface area (Å²) < 4.78 is 3.73. The molecular weight excluding hydrogens is 460 g/mol. The SMILES string of the molecule is Cc1ccc(NC(=O)CSc2nnc3n(CC(=O)Nc4ccccc4C)c4ccccc4n23)cc1. The third kappa shape index (κ3) is 4.76. The summed E-state index contributed by atoms with van der Waals surface area (Å²) >= 11 is 1.30. The molecule has 2 aromatic heterocycles. The van der Waals surface area contributed by atoms with Crippen molar-refractivity contribution in [1.29, 1.82) is 0 Å². The largest absolute Gasteiger partial charge is 0.325 e. The van der Waals surface area contributed by atoms with Crippen molar-refractivity contribution < 1.29 is 9.59 Å². The lowest BCUT2D eigenvalue weighted by Gasteiger charge is -2.09.